The van der Waals surface area contributed by atoms with Crippen molar-refractivity contribution in [1.82, 2.24) is 15.0 Å². The molecule has 39 heavy (non-hydrogen) atoms. The maximum atomic E-state index is 4.87. The van der Waals surface area contributed by atoms with Crippen molar-refractivity contribution in [1.29, 1.82) is 0 Å². The molecule has 0 radical (unpaired) electrons. The maximum absolute atomic E-state index is 4.87. The smallest absolute Gasteiger partial charge is 0.164 e. The molecule has 0 bridgehead atoms. The molecule has 0 fully saturated rings. The van der Waals surface area contributed by atoms with Gasteiger partial charge in [-0.05, 0) is 39.4 Å². The monoisotopic (exact) mass is 501 g/mol. The molecular weight excluding hydrogens is 474 g/mol. The van der Waals surface area contributed by atoms with Crippen LogP contribution < -0.4 is 0 Å². The Labute approximate surface area is 228 Å². The molecule has 1 aromatic heterocycles. The van der Waals surface area contributed by atoms with Crippen LogP contribution in [0.1, 0.15) is 25.0 Å². The quantitative estimate of drug-likeness (QED) is 0.242. The van der Waals surface area contributed by atoms with E-state index < -0.39 is 0 Å². The Hall–Kier alpha value is -4.89. The van der Waals surface area contributed by atoms with Gasteiger partial charge in [-0.25, -0.2) is 15.0 Å². The molecular formula is C36H27N3. The highest BCUT2D eigenvalue weighted by Crippen LogP contribution is 2.49. The molecule has 3 nitrogen and oxygen atoms in total. The highest BCUT2D eigenvalue weighted by molar-refractivity contribution is 5.84. The van der Waals surface area contributed by atoms with Gasteiger partial charge in [0.1, 0.15) is 0 Å². The molecule has 186 valence electrons. The number of rotatable bonds is 4. The van der Waals surface area contributed by atoms with Gasteiger partial charge in [0.2, 0.25) is 0 Å². The van der Waals surface area contributed by atoms with E-state index in [0.717, 1.165) is 16.7 Å². The summed E-state index contributed by atoms with van der Waals surface area (Å²) in [6.45, 7) is 4.63. The molecule has 0 spiro atoms. The first kappa shape index (κ1) is 23.2. The van der Waals surface area contributed by atoms with Gasteiger partial charge in [-0.1, -0.05) is 135 Å². The SMILES string of the molecule is CC1(C)c2ccccc2-c2cc(-c3ccc(-c4nc(-c5ccccc5)nc(-c5ccccc5)n4)cc3)ccc21. The highest BCUT2D eigenvalue weighted by Gasteiger charge is 2.35. The van der Waals surface area contributed by atoms with Crippen LogP contribution in [0.25, 0.3) is 56.4 Å². The van der Waals surface area contributed by atoms with Gasteiger partial charge < -0.3 is 0 Å². The Bertz CT molecular complexity index is 1750. The molecule has 1 aliphatic rings. The molecule has 0 amide bonds. The molecule has 1 heterocycles. The second-order valence-corrected chi connectivity index (χ2v) is 10.5. The van der Waals surface area contributed by atoms with Gasteiger partial charge >= 0.3 is 0 Å². The lowest BCUT2D eigenvalue weighted by Crippen LogP contribution is -2.14. The summed E-state index contributed by atoms with van der Waals surface area (Å²) >= 11 is 0. The molecule has 0 saturated carbocycles. The second kappa shape index (κ2) is 9.14. The molecule has 0 aliphatic heterocycles. The van der Waals surface area contributed by atoms with Gasteiger partial charge in [-0.3, -0.25) is 0 Å². The van der Waals surface area contributed by atoms with Crippen molar-refractivity contribution in [2.24, 2.45) is 0 Å². The van der Waals surface area contributed by atoms with Crippen LogP contribution in [0.2, 0.25) is 0 Å². The van der Waals surface area contributed by atoms with E-state index in [1.54, 1.807) is 0 Å². The molecule has 1 aliphatic carbocycles. The molecule has 0 atom stereocenters. The molecule has 5 aromatic carbocycles. The van der Waals surface area contributed by atoms with E-state index in [0.29, 0.717) is 17.5 Å². The third-order valence-corrected chi connectivity index (χ3v) is 7.76. The Kier molecular flexibility index (Phi) is 5.45. The number of hydrogen-bond donors (Lipinski definition) is 0. The summed E-state index contributed by atoms with van der Waals surface area (Å²) in [6, 6.07) is 44.3. The van der Waals surface area contributed by atoms with Crippen molar-refractivity contribution < 1.29 is 0 Å². The molecule has 0 unspecified atom stereocenters. The largest absolute Gasteiger partial charge is 0.208 e. The summed E-state index contributed by atoms with van der Waals surface area (Å²) < 4.78 is 0. The van der Waals surface area contributed by atoms with Crippen molar-refractivity contribution in [2.75, 3.05) is 0 Å². The summed E-state index contributed by atoms with van der Waals surface area (Å²) in [4.78, 5) is 14.5. The topological polar surface area (TPSA) is 38.7 Å². The van der Waals surface area contributed by atoms with E-state index >= 15 is 0 Å². The van der Waals surface area contributed by atoms with Gasteiger partial charge in [0.25, 0.3) is 0 Å². The first-order valence-corrected chi connectivity index (χ1v) is 13.3. The Balaban J connectivity index is 1.28. The van der Waals surface area contributed by atoms with Crippen molar-refractivity contribution in [3.8, 4) is 56.4 Å². The summed E-state index contributed by atoms with van der Waals surface area (Å²) in [6.07, 6.45) is 0. The van der Waals surface area contributed by atoms with Crippen LogP contribution in [-0.4, -0.2) is 15.0 Å². The van der Waals surface area contributed by atoms with E-state index in [1.165, 1.54) is 33.4 Å². The van der Waals surface area contributed by atoms with E-state index in [9.17, 15) is 0 Å². The zero-order valence-corrected chi connectivity index (χ0v) is 22.0. The lowest BCUT2D eigenvalue weighted by Gasteiger charge is -2.21. The average molecular weight is 502 g/mol. The van der Waals surface area contributed by atoms with Crippen molar-refractivity contribution >= 4 is 0 Å². The molecule has 6 aromatic rings. The summed E-state index contributed by atoms with van der Waals surface area (Å²) in [7, 11) is 0. The van der Waals surface area contributed by atoms with Crippen LogP contribution in [0.4, 0.5) is 0 Å². The second-order valence-electron chi connectivity index (χ2n) is 10.5. The van der Waals surface area contributed by atoms with Crippen molar-refractivity contribution in [3.63, 3.8) is 0 Å². The van der Waals surface area contributed by atoms with Crippen LogP contribution in [-0.2, 0) is 5.41 Å². The number of benzene rings is 5. The first-order chi connectivity index (χ1) is 19.1. The summed E-state index contributed by atoms with van der Waals surface area (Å²) in [5.74, 6) is 2.01. The Morgan fingerprint density at radius 1 is 0.385 bits per heavy atom. The molecule has 7 rings (SSSR count). The van der Waals surface area contributed by atoms with Crippen LogP contribution in [0.5, 0.6) is 0 Å². The van der Waals surface area contributed by atoms with Crippen molar-refractivity contribution in [2.45, 2.75) is 19.3 Å². The fraction of sp³-hybridized carbons (Fsp3) is 0.0833. The number of nitrogens with zero attached hydrogens (tertiary/aromatic N) is 3. The zero-order chi connectivity index (χ0) is 26.4. The van der Waals surface area contributed by atoms with Gasteiger partial charge in [0.15, 0.2) is 17.5 Å². The first-order valence-electron chi connectivity index (χ1n) is 13.3. The van der Waals surface area contributed by atoms with E-state index in [2.05, 4.69) is 80.6 Å². The van der Waals surface area contributed by atoms with Crippen LogP contribution >= 0.6 is 0 Å². The minimum atomic E-state index is 0.0138. The third-order valence-electron chi connectivity index (χ3n) is 7.76. The number of fused-ring (bicyclic) bond motifs is 3. The van der Waals surface area contributed by atoms with E-state index in [-0.39, 0.29) is 5.41 Å². The highest BCUT2D eigenvalue weighted by atomic mass is 15.0. The minimum absolute atomic E-state index is 0.0138. The molecule has 3 heteroatoms. The Morgan fingerprint density at radius 3 is 1.41 bits per heavy atom. The van der Waals surface area contributed by atoms with Gasteiger partial charge in [-0.2, -0.15) is 0 Å². The van der Waals surface area contributed by atoms with E-state index in [1.807, 2.05) is 60.7 Å². The fourth-order valence-corrected chi connectivity index (χ4v) is 5.65. The predicted molar refractivity (Wildman–Crippen MR) is 159 cm³/mol. The van der Waals surface area contributed by atoms with E-state index in [4.69, 9.17) is 15.0 Å². The van der Waals surface area contributed by atoms with Crippen molar-refractivity contribution in [3.05, 3.63) is 139 Å². The van der Waals surface area contributed by atoms with Crippen LogP contribution in [0.15, 0.2) is 127 Å². The zero-order valence-electron chi connectivity index (χ0n) is 22.0. The maximum Gasteiger partial charge on any atom is 0.164 e. The lowest BCUT2D eigenvalue weighted by molar-refractivity contribution is 0.660. The van der Waals surface area contributed by atoms with Crippen LogP contribution in [0, 0.1) is 0 Å². The van der Waals surface area contributed by atoms with Crippen LogP contribution in [0.3, 0.4) is 0 Å². The normalized spacial score (nSPS) is 13.1. The molecule has 0 N–H and O–H groups in total. The number of aromatic nitrogens is 3. The minimum Gasteiger partial charge on any atom is -0.208 e. The van der Waals surface area contributed by atoms with Gasteiger partial charge in [0, 0.05) is 22.1 Å². The summed E-state index contributed by atoms with van der Waals surface area (Å²) in [5, 5.41) is 0. The van der Waals surface area contributed by atoms with Gasteiger partial charge in [0.05, 0.1) is 0 Å². The molecule has 0 saturated heterocycles. The average Bonchev–Trinajstić information content (AvgIpc) is 3.24. The fourth-order valence-electron chi connectivity index (χ4n) is 5.65. The standard InChI is InChI=1S/C36H27N3/c1-36(2)31-16-10-9-15-29(31)30-23-28(21-22-32(30)36)24-17-19-27(20-18-24)35-38-33(25-11-5-3-6-12-25)37-34(39-35)26-13-7-4-8-14-26/h3-23H,1-2H3. The van der Waals surface area contributed by atoms with Gasteiger partial charge in [-0.15, -0.1) is 0 Å². The number of hydrogen-bond acceptors (Lipinski definition) is 3. The summed E-state index contributed by atoms with van der Waals surface area (Å²) in [5.41, 5.74) is 10.7. The lowest BCUT2D eigenvalue weighted by atomic mass is 9.82. The predicted octanol–water partition coefficient (Wildman–Crippen LogP) is 8.85. The third kappa shape index (κ3) is 4.04. The Morgan fingerprint density at radius 2 is 0.821 bits per heavy atom.